The fourth-order valence-electron chi connectivity index (χ4n) is 5.40. The van der Waals surface area contributed by atoms with Crippen molar-refractivity contribution in [3.8, 4) is 0 Å². The lowest BCUT2D eigenvalue weighted by atomic mass is 9.67. The number of carbonyl (C=O) groups is 1. The van der Waals surface area contributed by atoms with Crippen LogP contribution in [0.5, 0.6) is 0 Å². The molecule has 0 spiro atoms. The first kappa shape index (κ1) is 15.0. The molecule has 2 heteroatoms. The van der Waals surface area contributed by atoms with Crippen LogP contribution in [0.4, 0.5) is 0 Å². The predicted octanol–water partition coefficient (Wildman–Crippen LogP) is 5.10. The summed E-state index contributed by atoms with van der Waals surface area (Å²) < 4.78 is 5.29. The first-order valence-electron chi connectivity index (χ1n) is 9.97. The van der Waals surface area contributed by atoms with E-state index in [1.54, 1.807) is 0 Å². The van der Waals surface area contributed by atoms with E-state index in [1.807, 2.05) is 0 Å². The maximum Gasteiger partial charge on any atom is 0.309 e. The summed E-state index contributed by atoms with van der Waals surface area (Å²) in [5.74, 6) is 4.88. The zero-order chi connectivity index (χ0) is 14.9. The van der Waals surface area contributed by atoms with Crippen molar-refractivity contribution < 1.29 is 9.53 Å². The Kier molecular flexibility index (Phi) is 4.46. The second kappa shape index (κ2) is 6.53. The summed E-state index contributed by atoms with van der Waals surface area (Å²) in [7, 11) is 0. The van der Waals surface area contributed by atoms with Crippen LogP contribution in [-0.4, -0.2) is 12.1 Å². The highest BCUT2D eigenvalue weighted by Gasteiger charge is 2.39. The third kappa shape index (κ3) is 3.51. The van der Waals surface area contributed by atoms with Crippen molar-refractivity contribution in [1.82, 2.24) is 0 Å². The number of hydrogen-bond acceptors (Lipinski definition) is 2. The number of esters is 1. The average Bonchev–Trinajstić information content (AvgIpc) is 3.35. The summed E-state index contributed by atoms with van der Waals surface area (Å²) in [6.07, 6.45) is 18.5. The molecule has 0 aromatic heterocycles. The topological polar surface area (TPSA) is 26.3 Å². The summed E-state index contributed by atoms with van der Waals surface area (Å²) in [5, 5.41) is 0. The van der Waals surface area contributed by atoms with E-state index in [0.29, 0.717) is 12.3 Å². The van der Waals surface area contributed by atoms with Crippen molar-refractivity contribution in [1.29, 1.82) is 0 Å². The number of rotatable bonds is 5. The Morgan fingerprint density at radius 3 is 1.55 bits per heavy atom. The van der Waals surface area contributed by atoms with Crippen molar-refractivity contribution in [2.75, 3.05) is 0 Å². The van der Waals surface area contributed by atoms with Crippen LogP contribution in [0.3, 0.4) is 0 Å². The van der Waals surface area contributed by atoms with Gasteiger partial charge in [0.15, 0.2) is 0 Å². The van der Waals surface area contributed by atoms with Gasteiger partial charge in [-0.1, -0.05) is 38.5 Å². The van der Waals surface area contributed by atoms with Crippen molar-refractivity contribution in [2.24, 2.45) is 29.6 Å². The molecule has 124 valence electrons. The second-order valence-electron chi connectivity index (χ2n) is 8.71. The van der Waals surface area contributed by atoms with E-state index in [0.717, 1.165) is 23.7 Å². The molecule has 1 aliphatic heterocycles. The Bertz CT molecular complexity index is 377. The molecule has 0 bridgehead atoms. The van der Waals surface area contributed by atoms with Gasteiger partial charge in [-0.3, -0.25) is 4.79 Å². The number of carbonyl (C=O) groups excluding carboxylic acids is 1. The van der Waals surface area contributed by atoms with Crippen LogP contribution < -0.4 is 0 Å². The van der Waals surface area contributed by atoms with Crippen LogP contribution >= 0.6 is 0 Å². The molecule has 1 saturated heterocycles. The van der Waals surface area contributed by atoms with Gasteiger partial charge in [-0.25, -0.2) is 0 Å². The van der Waals surface area contributed by atoms with E-state index in [4.69, 9.17) is 4.74 Å². The van der Waals surface area contributed by atoms with Gasteiger partial charge >= 0.3 is 5.97 Å². The molecule has 0 aromatic rings. The third-order valence-electron chi connectivity index (χ3n) is 7.23. The van der Waals surface area contributed by atoms with Gasteiger partial charge in [-0.15, -0.1) is 0 Å². The highest BCUT2D eigenvalue weighted by molar-refractivity contribution is 5.75. The molecule has 1 unspecified atom stereocenters. The molecule has 0 radical (unpaired) electrons. The van der Waals surface area contributed by atoms with Gasteiger partial charge in [-0.2, -0.15) is 0 Å². The van der Waals surface area contributed by atoms with Crippen LogP contribution in [0.1, 0.15) is 83.5 Å². The Labute approximate surface area is 135 Å². The molecule has 1 heterocycles. The van der Waals surface area contributed by atoms with Gasteiger partial charge in [0.1, 0.15) is 6.10 Å². The average molecular weight is 304 g/mol. The lowest BCUT2D eigenvalue weighted by Gasteiger charge is -2.41. The summed E-state index contributed by atoms with van der Waals surface area (Å²) in [5.41, 5.74) is 0. The first-order valence-corrected chi connectivity index (χ1v) is 9.97. The molecule has 1 atom stereocenters. The lowest BCUT2D eigenvalue weighted by molar-refractivity contribution is -0.176. The van der Waals surface area contributed by atoms with Gasteiger partial charge in [0.2, 0.25) is 0 Å². The highest BCUT2D eigenvalue weighted by atomic mass is 16.6. The molecule has 4 rings (SSSR count). The first-order chi connectivity index (χ1) is 10.8. The molecule has 4 aliphatic rings. The van der Waals surface area contributed by atoms with Crippen LogP contribution in [0.25, 0.3) is 0 Å². The number of cyclic esters (lactones) is 1. The van der Waals surface area contributed by atoms with E-state index < -0.39 is 0 Å². The van der Waals surface area contributed by atoms with E-state index in [1.165, 1.54) is 77.0 Å². The number of ether oxygens (including phenoxy) is 1. The maximum absolute atomic E-state index is 11.0. The molecule has 22 heavy (non-hydrogen) atoms. The Balaban J connectivity index is 1.16. The van der Waals surface area contributed by atoms with Crippen LogP contribution in [0.15, 0.2) is 0 Å². The van der Waals surface area contributed by atoms with Crippen LogP contribution in [-0.2, 0) is 9.53 Å². The van der Waals surface area contributed by atoms with Crippen molar-refractivity contribution in [2.45, 2.75) is 89.6 Å². The Morgan fingerprint density at radius 2 is 1.09 bits per heavy atom. The maximum atomic E-state index is 11.0. The van der Waals surface area contributed by atoms with Crippen LogP contribution in [0.2, 0.25) is 0 Å². The minimum Gasteiger partial charge on any atom is -0.461 e. The molecular formula is C20H32O2. The second-order valence-corrected chi connectivity index (χ2v) is 8.71. The largest absolute Gasteiger partial charge is 0.461 e. The highest BCUT2D eigenvalue weighted by Crippen LogP contribution is 2.45. The van der Waals surface area contributed by atoms with E-state index >= 15 is 0 Å². The summed E-state index contributed by atoms with van der Waals surface area (Å²) in [6, 6.07) is 0. The zero-order valence-electron chi connectivity index (χ0n) is 14.0. The van der Waals surface area contributed by atoms with E-state index in [9.17, 15) is 4.79 Å². The quantitative estimate of drug-likeness (QED) is 0.660. The smallest absolute Gasteiger partial charge is 0.309 e. The fourth-order valence-corrected chi connectivity index (χ4v) is 5.40. The molecule has 0 amide bonds. The molecule has 0 aromatic carbocycles. The number of hydrogen-bond donors (Lipinski definition) is 0. The molecule has 4 fully saturated rings. The van der Waals surface area contributed by atoms with Gasteiger partial charge in [0.05, 0.1) is 6.42 Å². The third-order valence-corrected chi connectivity index (χ3v) is 7.23. The molecule has 2 nitrogen and oxygen atoms in total. The molecule has 0 N–H and O–H groups in total. The molecule has 3 saturated carbocycles. The Hall–Kier alpha value is -0.530. The normalized spacial score (nSPS) is 42.5. The van der Waals surface area contributed by atoms with Gasteiger partial charge in [-0.05, 0) is 68.1 Å². The minimum atomic E-state index is 0.0247. The van der Waals surface area contributed by atoms with Gasteiger partial charge in [0, 0.05) is 0 Å². The van der Waals surface area contributed by atoms with Crippen molar-refractivity contribution in [3.63, 3.8) is 0 Å². The van der Waals surface area contributed by atoms with E-state index in [2.05, 4.69) is 0 Å². The van der Waals surface area contributed by atoms with Crippen molar-refractivity contribution in [3.05, 3.63) is 0 Å². The Morgan fingerprint density at radius 1 is 0.682 bits per heavy atom. The summed E-state index contributed by atoms with van der Waals surface area (Å²) >= 11 is 0. The van der Waals surface area contributed by atoms with Crippen molar-refractivity contribution >= 4 is 5.97 Å². The standard InChI is InChI=1S/C20H32O2/c21-20-13-19(22-20)18-11-9-17(10-12-18)16-7-5-15(6-8-16)4-3-14-1-2-14/h14-19H,1-13H2. The predicted molar refractivity (Wildman–Crippen MR) is 87.4 cm³/mol. The SMILES string of the molecule is O=C1CC(C2CCC(C3CCC(CCC4CC4)CC3)CC2)O1. The van der Waals surface area contributed by atoms with Gasteiger partial charge < -0.3 is 4.74 Å². The van der Waals surface area contributed by atoms with E-state index in [-0.39, 0.29) is 12.1 Å². The minimum absolute atomic E-state index is 0.0247. The molecular weight excluding hydrogens is 272 g/mol. The summed E-state index contributed by atoms with van der Waals surface area (Å²) in [6.45, 7) is 0. The van der Waals surface area contributed by atoms with Gasteiger partial charge in [0.25, 0.3) is 0 Å². The molecule has 3 aliphatic carbocycles. The zero-order valence-corrected chi connectivity index (χ0v) is 14.0. The monoisotopic (exact) mass is 304 g/mol. The fraction of sp³-hybridized carbons (Fsp3) is 0.950. The lowest BCUT2D eigenvalue weighted by Crippen LogP contribution is -2.41. The summed E-state index contributed by atoms with van der Waals surface area (Å²) in [4.78, 5) is 11.0. The van der Waals surface area contributed by atoms with Crippen LogP contribution in [0, 0.1) is 29.6 Å².